The molecule has 1 aromatic heterocycles. The summed E-state index contributed by atoms with van der Waals surface area (Å²) < 4.78 is 1.99. The molecule has 0 saturated heterocycles. The van der Waals surface area contributed by atoms with Crippen molar-refractivity contribution < 1.29 is 0 Å². The molecule has 1 N–H and O–H groups in total. The summed E-state index contributed by atoms with van der Waals surface area (Å²) in [4.78, 5) is 2.18. The molecular formula is C15H22N4. The van der Waals surface area contributed by atoms with Crippen LogP contribution in [0.25, 0.3) is 11.1 Å². The van der Waals surface area contributed by atoms with Crippen LogP contribution in [0.5, 0.6) is 0 Å². The summed E-state index contributed by atoms with van der Waals surface area (Å²) in [6.45, 7) is 3.93. The zero-order valence-electron chi connectivity index (χ0n) is 11.7. The lowest BCUT2D eigenvalue weighted by atomic mass is 10.1. The molecule has 0 radical (unpaired) electrons. The van der Waals surface area contributed by atoms with Crippen molar-refractivity contribution in [1.29, 1.82) is 0 Å². The Morgan fingerprint density at radius 2 is 1.89 bits per heavy atom. The van der Waals surface area contributed by atoms with E-state index in [1.165, 1.54) is 11.1 Å². The molecule has 0 aliphatic carbocycles. The number of hydrogen-bond acceptors (Lipinski definition) is 3. The average molecular weight is 258 g/mol. The number of hydrogen-bond donors (Lipinski definition) is 1. The van der Waals surface area contributed by atoms with Crippen LogP contribution in [0.1, 0.15) is 0 Å². The predicted octanol–water partition coefficient (Wildman–Crippen LogP) is 1.70. The van der Waals surface area contributed by atoms with E-state index in [0.29, 0.717) is 0 Å². The average Bonchev–Trinajstić information content (AvgIpc) is 2.88. The van der Waals surface area contributed by atoms with E-state index < -0.39 is 0 Å². The molecule has 1 aromatic carbocycles. The molecule has 0 amide bonds. The highest BCUT2D eigenvalue weighted by atomic mass is 15.3. The molecule has 0 fully saturated rings. The third-order valence-corrected chi connectivity index (χ3v) is 2.99. The first-order chi connectivity index (χ1) is 9.25. The maximum atomic E-state index is 4.39. The summed E-state index contributed by atoms with van der Waals surface area (Å²) in [5.41, 5.74) is 2.39. The van der Waals surface area contributed by atoms with E-state index in [0.717, 1.165) is 26.2 Å². The summed E-state index contributed by atoms with van der Waals surface area (Å²) in [5, 5.41) is 7.80. The zero-order valence-corrected chi connectivity index (χ0v) is 11.7. The molecule has 2 aromatic rings. The van der Waals surface area contributed by atoms with Crippen molar-refractivity contribution in [2.45, 2.75) is 6.54 Å². The van der Waals surface area contributed by atoms with Gasteiger partial charge in [0.1, 0.15) is 0 Å². The van der Waals surface area contributed by atoms with Crippen molar-refractivity contribution in [3.8, 4) is 11.1 Å². The maximum absolute atomic E-state index is 4.39. The lowest BCUT2D eigenvalue weighted by molar-refractivity contribution is 0.396. The van der Waals surface area contributed by atoms with Crippen molar-refractivity contribution >= 4 is 0 Å². The third-order valence-electron chi connectivity index (χ3n) is 2.99. The minimum Gasteiger partial charge on any atom is -0.314 e. The van der Waals surface area contributed by atoms with Crippen molar-refractivity contribution in [2.24, 2.45) is 0 Å². The van der Waals surface area contributed by atoms with Gasteiger partial charge >= 0.3 is 0 Å². The van der Waals surface area contributed by atoms with Gasteiger partial charge in [-0.05, 0) is 19.7 Å². The second kappa shape index (κ2) is 7.07. The maximum Gasteiger partial charge on any atom is 0.0568 e. The summed E-state index contributed by atoms with van der Waals surface area (Å²) in [7, 11) is 4.17. The molecule has 0 bridgehead atoms. The van der Waals surface area contributed by atoms with E-state index >= 15 is 0 Å². The first-order valence-electron chi connectivity index (χ1n) is 6.69. The Morgan fingerprint density at radius 1 is 1.11 bits per heavy atom. The van der Waals surface area contributed by atoms with Gasteiger partial charge in [0.25, 0.3) is 0 Å². The van der Waals surface area contributed by atoms with Crippen LogP contribution in [0.2, 0.25) is 0 Å². The van der Waals surface area contributed by atoms with Gasteiger partial charge in [-0.15, -0.1) is 0 Å². The molecule has 4 heteroatoms. The Morgan fingerprint density at radius 3 is 2.63 bits per heavy atom. The fourth-order valence-corrected chi connectivity index (χ4v) is 1.89. The quantitative estimate of drug-likeness (QED) is 0.767. The van der Waals surface area contributed by atoms with Gasteiger partial charge in [-0.3, -0.25) is 4.68 Å². The molecule has 0 saturated carbocycles. The minimum atomic E-state index is 0.903. The van der Waals surface area contributed by atoms with Gasteiger partial charge in [0.05, 0.1) is 12.7 Å². The van der Waals surface area contributed by atoms with Gasteiger partial charge < -0.3 is 10.2 Å². The summed E-state index contributed by atoms with van der Waals surface area (Å²) in [6.07, 6.45) is 4.03. The Kier molecular flexibility index (Phi) is 5.12. The lowest BCUT2D eigenvalue weighted by Gasteiger charge is -2.10. The van der Waals surface area contributed by atoms with E-state index in [-0.39, 0.29) is 0 Å². The largest absolute Gasteiger partial charge is 0.314 e. The van der Waals surface area contributed by atoms with Gasteiger partial charge in [-0.2, -0.15) is 5.10 Å². The third kappa shape index (κ3) is 4.50. The van der Waals surface area contributed by atoms with Crippen LogP contribution in [0, 0.1) is 0 Å². The smallest absolute Gasteiger partial charge is 0.0568 e. The number of nitrogens with one attached hydrogen (secondary N) is 1. The molecule has 2 rings (SSSR count). The van der Waals surface area contributed by atoms with Crippen LogP contribution < -0.4 is 5.32 Å². The molecule has 0 aliphatic heterocycles. The molecule has 19 heavy (non-hydrogen) atoms. The SMILES string of the molecule is CN(C)CCNCCn1cc(-c2ccccc2)cn1. The lowest BCUT2D eigenvalue weighted by Crippen LogP contribution is -2.28. The van der Waals surface area contributed by atoms with Gasteiger partial charge in [0.15, 0.2) is 0 Å². The van der Waals surface area contributed by atoms with Crippen LogP contribution in [-0.2, 0) is 6.54 Å². The first kappa shape index (κ1) is 13.8. The molecule has 0 aliphatic rings. The van der Waals surface area contributed by atoms with Gasteiger partial charge in [0.2, 0.25) is 0 Å². The fourth-order valence-electron chi connectivity index (χ4n) is 1.89. The Hall–Kier alpha value is -1.65. The van der Waals surface area contributed by atoms with Crippen molar-refractivity contribution in [3.05, 3.63) is 42.7 Å². The van der Waals surface area contributed by atoms with Gasteiger partial charge in [-0.1, -0.05) is 30.3 Å². The normalized spacial score (nSPS) is 11.1. The van der Waals surface area contributed by atoms with Crippen LogP contribution in [-0.4, -0.2) is 48.4 Å². The molecule has 4 nitrogen and oxygen atoms in total. The number of nitrogens with zero attached hydrogens (tertiary/aromatic N) is 3. The van der Waals surface area contributed by atoms with E-state index in [1.807, 2.05) is 16.9 Å². The van der Waals surface area contributed by atoms with E-state index in [4.69, 9.17) is 0 Å². The van der Waals surface area contributed by atoms with Crippen LogP contribution in [0.15, 0.2) is 42.7 Å². The van der Waals surface area contributed by atoms with E-state index in [1.54, 1.807) is 0 Å². The van der Waals surface area contributed by atoms with Crippen LogP contribution in [0.3, 0.4) is 0 Å². The van der Waals surface area contributed by atoms with Crippen LogP contribution in [0.4, 0.5) is 0 Å². The second-order valence-corrected chi connectivity index (χ2v) is 4.91. The van der Waals surface area contributed by atoms with Crippen molar-refractivity contribution in [3.63, 3.8) is 0 Å². The topological polar surface area (TPSA) is 33.1 Å². The van der Waals surface area contributed by atoms with Gasteiger partial charge in [-0.25, -0.2) is 0 Å². The molecule has 102 valence electrons. The highest BCUT2D eigenvalue weighted by molar-refractivity contribution is 5.61. The summed E-state index contributed by atoms with van der Waals surface area (Å²) in [5.74, 6) is 0. The van der Waals surface area contributed by atoms with Crippen molar-refractivity contribution in [1.82, 2.24) is 20.0 Å². The minimum absolute atomic E-state index is 0.903. The van der Waals surface area contributed by atoms with E-state index in [9.17, 15) is 0 Å². The number of likely N-dealkylation sites (N-methyl/N-ethyl adjacent to an activating group) is 1. The monoisotopic (exact) mass is 258 g/mol. The molecule has 0 unspecified atom stereocenters. The highest BCUT2D eigenvalue weighted by Gasteiger charge is 2.00. The highest BCUT2D eigenvalue weighted by Crippen LogP contribution is 2.17. The van der Waals surface area contributed by atoms with E-state index in [2.05, 4.69) is 59.9 Å². The number of benzene rings is 1. The standard InChI is InChI=1S/C15H22N4/c1-18(2)10-8-16-9-11-19-13-15(12-17-19)14-6-4-3-5-7-14/h3-7,12-13,16H,8-11H2,1-2H3. The summed E-state index contributed by atoms with van der Waals surface area (Å²) >= 11 is 0. The zero-order chi connectivity index (χ0) is 13.5. The molecule has 0 atom stereocenters. The number of aromatic nitrogens is 2. The molecular weight excluding hydrogens is 236 g/mol. The number of rotatable bonds is 7. The second-order valence-electron chi connectivity index (χ2n) is 4.91. The van der Waals surface area contributed by atoms with Crippen molar-refractivity contribution in [2.75, 3.05) is 33.7 Å². The fraction of sp³-hybridized carbons (Fsp3) is 0.400. The van der Waals surface area contributed by atoms with Crippen LogP contribution >= 0.6 is 0 Å². The molecule has 1 heterocycles. The molecule has 0 spiro atoms. The van der Waals surface area contributed by atoms with Gasteiger partial charge in [0, 0.05) is 31.4 Å². The predicted molar refractivity (Wildman–Crippen MR) is 79.1 cm³/mol. The Bertz CT molecular complexity index is 476. The Balaban J connectivity index is 1.78. The summed E-state index contributed by atoms with van der Waals surface area (Å²) in [6, 6.07) is 10.3. The first-order valence-corrected chi connectivity index (χ1v) is 6.69. The Labute approximate surface area is 115 Å².